The summed E-state index contributed by atoms with van der Waals surface area (Å²) in [6.07, 6.45) is 3.82. The highest BCUT2D eigenvalue weighted by molar-refractivity contribution is 5.62. The molecule has 3 N–H and O–H groups in total. The molecule has 4 heteroatoms. The van der Waals surface area contributed by atoms with Crippen molar-refractivity contribution in [2.24, 2.45) is 5.41 Å². The van der Waals surface area contributed by atoms with E-state index in [-0.39, 0.29) is 12.0 Å². The first-order chi connectivity index (χ1) is 10.2. The molecular weight excluding hydrogens is 262 g/mol. The third kappa shape index (κ3) is 3.71. The zero-order valence-corrected chi connectivity index (χ0v) is 12.9. The molecule has 0 spiro atoms. The Labute approximate surface area is 126 Å². The SMILES string of the molecule is CCC(CC)(CO)CNCc1cn[nH]c1-c1ccccc1. The molecule has 1 aromatic carbocycles. The first kappa shape index (κ1) is 15.7. The van der Waals surface area contributed by atoms with Gasteiger partial charge in [0.05, 0.1) is 11.9 Å². The first-order valence-corrected chi connectivity index (χ1v) is 7.64. The molecule has 0 aliphatic carbocycles. The van der Waals surface area contributed by atoms with Crippen LogP contribution in [-0.2, 0) is 6.54 Å². The summed E-state index contributed by atoms with van der Waals surface area (Å²) in [5.74, 6) is 0. The number of aliphatic hydroxyl groups is 1. The molecule has 0 aliphatic heterocycles. The van der Waals surface area contributed by atoms with Gasteiger partial charge in [-0.05, 0) is 18.4 Å². The highest BCUT2D eigenvalue weighted by Crippen LogP contribution is 2.25. The Hall–Kier alpha value is -1.65. The average Bonchev–Trinajstić information content (AvgIpc) is 3.01. The van der Waals surface area contributed by atoms with E-state index in [9.17, 15) is 5.11 Å². The second-order valence-corrected chi connectivity index (χ2v) is 5.61. The fraction of sp³-hybridized carbons (Fsp3) is 0.471. The minimum atomic E-state index is -0.0172. The Balaban J connectivity index is 2.01. The molecule has 0 unspecified atom stereocenters. The van der Waals surface area contributed by atoms with Gasteiger partial charge in [-0.3, -0.25) is 5.10 Å². The molecule has 0 atom stereocenters. The van der Waals surface area contributed by atoms with Gasteiger partial charge in [-0.1, -0.05) is 44.2 Å². The molecule has 0 saturated heterocycles. The van der Waals surface area contributed by atoms with Crippen LogP contribution in [0.2, 0.25) is 0 Å². The van der Waals surface area contributed by atoms with Gasteiger partial charge in [-0.15, -0.1) is 0 Å². The van der Waals surface area contributed by atoms with Crippen LogP contribution in [0, 0.1) is 5.41 Å². The fourth-order valence-electron chi connectivity index (χ4n) is 2.54. The number of hydrogen-bond acceptors (Lipinski definition) is 3. The van der Waals surface area contributed by atoms with Gasteiger partial charge in [-0.2, -0.15) is 5.10 Å². The summed E-state index contributed by atoms with van der Waals surface area (Å²) in [4.78, 5) is 0. The second-order valence-electron chi connectivity index (χ2n) is 5.61. The van der Waals surface area contributed by atoms with Gasteiger partial charge in [0, 0.05) is 30.7 Å². The van der Waals surface area contributed by atoms with Gasteiger partial charge >= 0.3 is 0 Å². The van der Waals surface area contributed by atoms with Crippen LogP contribution in [0.25, 0.3) is 11.3 Å². The molecule has 0 radical (unpaired) electrons. The molecule has 2 aromatic rings. The number of nitrogens with zero attached hydrogens (tertiary/aromatic N) is 1. The molecule has 0 aliphatic rings. The van der Waals surface area contributed by atoms with Crippen LogP contribution in [0.5, 0.6) is 0 Å². The highest BCUT2D eigenvalue weighted by atomic mass is 16.3. The summed E-state index contributed by atoms with van der Waals surface area (Å²) in [5.41, 5.74) is 3.34. The van der Waals surface area contributed by atoms with E-state index in [1.54, 1.807) is 0 Å². The highest BCUT2D eigenvalue weighted by Gasteiger charge is 2.24. The van der Waals surface area contributed by atoms with Crippen LogP contribution in [0.1, 0.15) is 32.3 Å². The molecule has 114 valence electrons. The largest absolute Gasteiger partial charge is 0.396 e. The number of rotatable bonds is 8. The molecule has 0 bridgehead atoms. The Morgan fingerprint density at radius 3 is 2.52 bits per heavy atom. The van der Waals surface area contributed by atoms with Crippen LogP contribution in [0.15, 0.2) is 36.5 Å². The third-order valence-electron chi connectivity index (χ3n) is 4.43. The number of benzene rings is 1. The molecule has 2 rings (SSSR count). The zero-order chi connectivity index (χ0) is 15.1. The average molecular weight is 287 g/mol. The second kappa shape index (κ2) is 7.38. The quantitative estimate of drug-likeness (QED) is 0.699. The van der Waals surface area contributed by atoms with E-state index in [1.165, 1.54) is 0 Å². The van der Waals surface area contributed by atoms with Gasteiger partial charge < -0.3 is 10.4 Å². The Morgan fingerprint density at radius 2 is 1.90 bits per heavy atom. The molecule has 0 amide bonds. The van der Waals surface area contributed by atoms with E-state index in [0.717, 1.165) is 42.8 Å². The zero-order valence-electron chi connectivity index (χ0n) is 12.9. The van der Waals surface area contributed by atoms with Crippen LogP contribution in [-0.4, -0.2) is 28.5 Å². The lowest BCUT2D eigenvalue weighted by Gasteiger charge is -2.29. The lowest BCUT2D eigenvalue weighted by Crippen LogP contribution is -2.36. The number of aliphatic hydroxyl groups excluding tert-OH is 1. The van der Waals surface area contributed by atoms with Crippen molar-refractivity contribution in [3.63, 3.8) is 0 Å². The number of aromatic amines is 1. The van der Waals surface area contributed by atoms with Gasteiger partial charge in [0.15, 0.2) is 0 Å². The van der Waals surface area contributed by atoms with Crippen LogP contribution >= 0.6 is 0 Å². The normalized spacial score (nSPS) is 11.8. The van der Waals surface area contributed by atoms with Crippen LogP contribution < -0.4 is 5.32 Å². The smallest absolute Gasteiger partial charge is 0.0695 e. The number of H-pyrrole nitrogens is 1. The molecule has 1 aromatic heterocycles. The van der Waals surface area contributed by atoms with Crippen LogP contribution in [0.4, 0.5) is 0 Å². The lowest BCUT2D eigenvalue weighted by atomic mass is 9.83. The monoisotopic (exact) mass is 287 g/mol. The topological polar surface area (TPSA) is 60.9 Å². The third-order valence-corrected chi connectivity index (χ3v) is 4.43. The number of nitrogens with one attached hydrogen (secondary N) is 2. The predicted molar refractivity (Wildman–Crippen MR) is 85.8 cm³/mol. The maximum Gasteiger partial charge on any atom is 0.0695 e. The van der Waals surface area contributed by atoms with E-state index >= 15 is 0 Å². The minimum absolute atomic E-state index is 0.0172. The van der Waals surface area contributed by atoms with E-state index in [4.69, 9.17) is 0 Å². The maximum absolute atomic E-state index is 9.61. The summed E-state index contributed by atoms with van der Waals surface area (Å²) < 4.78 is 0. The summed E-state index contributed by atoms with van der Waals surface area (Å²) in [7, 11) is 0. The van der Waals surface area contributed by atoms with Crippen molar-refractivity contribution in [2.45, 2.75) is 33.2 Å². The van der Waals surface area contributed by atoms with E-state index in [1.807, 2.05) is 24.4 Å². The summed E-state index contributed by atoms with van der Waals surface area (Å²) in [5, 5.41) is 20.3. The molecular formula is C17H25N3O. The summed E-state index contributed by atoms with van der Waals surface area (Å²) in [6, 6.07) is 10.2. The van der Waals surface area contributed by atoms with Gasteiger partial charge in [0.2, 0.25) is 0 Å². The molecule has 4 nitrogen and oxygen atoms in total. The van der Waals surface area contributed by atoms with Crippen molar-refractivity contribution in [1.82, 2.24) is 15.5 Å². The molecule has 21 heavy (non-hydrogen) atoms. The van der Waals surface area contributed by atoms with Crippen molar-refractivity contribution in [3.8, 4) is 11.3 Å². The number of hydrogen-bond donors (Lipinski definition) is 3. The van der Waals surface area contributed by atoms with Crippen LogP contribution in [0.3, 0.4) is 0 Å². The molecule has 1 heterocycles. The van der Waals surface area contributed by atoms with Gasteiger partial charge in [-0.25, -0.2) is 0 Å². The van der Waals surface area contributed by atoms with Crippen molar-refractivity contribution in [2.75, 3.05) is 13.2 Å². The first-order valence-electron chi connectivity index (χ1n) is 7.64. The maximum atomic E-state index is 9.61. The van der Waals surface area contributed by atoms with E-state index < -0.39 is 0 Å². The Kier molecular flexibility index (Phi) is 5.53. The van der Waals surface area contributed by atoms with E-state index in [0.29, 0.717) is 0 Å². The minimum Gasteiger partial charge on any atom is -0.396 e. The standard InChI is InChI=1S/C17H25N3O/c1-3-17(4-2,13-21)12-18-10-15-11-19-20-16(15)14-8-6-5-7-9-14/h5-9,11,18,21H,3-4,10,12-13H2,1-2H3,(H,19,20). The Morgan fingerprint density at radius 1 is 1.19 bits per heavy atom. The predicted octanol–water partition coefficient (Wildman–Crippen LogP) is 2.97. The van der Waals surface area contributed by atoms with Crippen molar-refractivity contribution in [3.05, 3.63) is 42.1 Å². The Bertz CT molecular complexity index is 524. The van der Waals surface area contributed by atoms with Gasteiger partial charge in [0.25, 0.3) is 0 Å². The molecule has 0 saturated carbocycles. The van der Waals surface area contributed by atoms with E-state index in [2.05, 4.69) is 41.5 Å². The summed E-state index contributed by atoms with van der Waals surface area (Å²) >= 11 is 0. The summed E-state index contributed by atoms with van der Waals surface area (Å²) in [6.45, 7) is 6.06. The van der Waals surface area contributed by atoms with Crippen molar-refractivity contribution in [1.29, 1.82) is 0 Å². The lowest BCUT2D eigenvalue weighted by molar-refractivity contribution is 0.113. The fourth-order valence-corrected chi connectivity index (χ4v) is 2.54. The molecule has 0 fully saturated rings. The number of aromatic nitrogens is 2. The van der Waals surface area contributed by atoms with Crippen molar-refractivity contribution < 1.29 is 5.11 Å². The van der Waals surface area contributed by atoms with Crippen molar-refractivity contribution >= 4 is 0 Å². The van der Waals surface area contributed by atoms with Gasteiger partial charge in [0.1, 0.15) is 0 Å².